The Labute approximate surface area is 105 Å². The average molecular weight is 251 g/mol. The van der Waals surface area contributed by atoms with Gasteiger partial charge in [-0.05, 0) is 13.0 Å². The van der Waals surface area contributed by atoms with Crippen LogP contribution in [0.2, 0.25) is 0 Å². The summed E-state index contributed by atoms with van der Waals surface area (Å²) in [6.07, 6.45) is -0.00240. The number of rotatable bonds is 3. The summed E-state index contributed by atoms with van der Waals surface area (Å²) < 4.78 is 5.50. The van der Waals surface area contributed by atoms with Crippen LogP contribution in [0.25, 0.3) is 0 Å². The predicted octanol–water partition coefficient (Wildman–Crippen LogP) is 1.07. The van der Waals surface area contributed by atoms with Crippen LogP contribution in [0.15, 0.2) is 18.2 Å². The molecule has 1 aliphatic heterocycles. The third-order valence-electron chi connectivity index (χ3n) is 3.22. The normalized spacial score (nSPS) is 19.9. The number of benzene rings is 1. The number of hydrogen-bond acceptors (Lipinski definition) is 5. The highest BCUT2D eigenvalue weighted by molar-refractivity contribution is 5.61. The summed E-state index contributed by atoms with van der Waals surface area (Å²) in [6.45, 7) is 4.26. The van der Waals surface area contributed by atoms with E-state index in [0.29, 0.717) is 25.3 Å². The molecule has 0 radical (unpaired) electrons. The van der Waals surface area contributed by atoms with Gasteiger partial charge >= 0.3 is 0 Å². The Morgan fingerprint density at radius 2 is 2.39 bits per heavy atom. The van der Waals surface area contributed by atoms with Crippen molar-refractivity contribution in [1.82, 2.24) is 0 Å². The number of ether oxygens (including phenoxy) is 1. The van der Waals surface area contributed by atoms with Crippen LogP contribution < -0.4 is 10.6 Å². The van der Waals surface area contributed by atoms with Crippen molar-refractivity contribution in [2.45, 2.75) is 13.0 Å². The molecule has 0 amide bonds. The number of nitrogens with two attached hydrogens (primary N) is 1. The first kappa shape index (κ1) is 12.8. The number of nitro groups is 1. The molecule has 1 unspecified atom stereocenters. The van der Waals surface area contributed by atoms with Crippen molar-refractivity contribution < 1.29 is 9.66 Å². The molecule has 0 spiro atoms. The van der Waals surface area contributed by atoms with Gasteiger partial charge in [-0.1, -0.05) is 6.07 Å². The lowest BCUT2D eigenvalue weighted by atomic mass is 10.1. The zero-order chi connectivity index (χ0) is 13.1. The number of morpholine rings is 1. The van der Waals surface area contributed by atoms with Crippen molar-refractivity contribution in [1.29, 1.82) is 0 Å². The van der Waals surface area contributed by atoms with Crippen molar-refractivity contribution in [3.05, 3.63) is 33.9 Å². The van der Waals surface area contributed by atoms with Gasteiger partial charge in [0.15, 0.2) is 0 Å². The fraction of sp³-hybridized carbons (Fsp3) is 0.500. The Balaban J connectivity index is 2.27. The number of anilines is 1. The third-order valence-corrected chi connectivity index (χ3v) is 3.22. The SMILES string of the molecule is Cc1c(N2CCOC(CN)C2)cccc1[N+](=O)[O-]. The molecule has 0 bridgehead atoms. The Kier molecular flexibility index (Phi) is 3.78. The van der Waals surface area contributed by atoms with Gasteiger partial charge in [0.05, 0.1) is 23.2 Å². The van der Waals surface area contributed by atoms with E-state index in [4.69, 9.17) is 10.5 Å². The Morgan fingerprint density at radius 1 is 1.61 bits per heavy atom. The molecule has 1 saturated heterocycles. The maximum Gasteiger partial charge on any atom is 0.274 e. The van der Waals surface area contributed by atoms with E-state index in [1.54, 1.807) is 13.0 Å². The summed E-state index contributed by atoms with van der Waals surface area (Å²) in [6, 6.07) is 5.15. The van der Waals surface area contributed by atoms with Crippen LogP contribution in [0.1, 0.15) is 5.56 Å². The van der Waals surface area contributed by atoms with E-state index in [0.717, 1.165) is 12.2 Å². The number of hydrogen-bond donors (Lipinski definition) is 1. The molecule has 1 heterocycles. The van der Waals surface area contributed by atoms with Crippen molar-refractivity contribution in [2.75, 3.05) is 31.1 Å². The van der Waals surface area contributed by atoms with Gasteiger partial charge in [0.1, 0.15) is 0 Å². The minimum absolute atomic E-state index is 0.00240. The lowest BCUT2D eigenvalue weighted by Crippen LogP contribution is -2.45. The van der Waals surface area contributed by atoms with E-state index in [-0.39, 0.29) is 16.7 Å². The summed E-state index contributed by atoms with van der Waals surface area (Å²) in [7, 11) is 0. The Morgan fingerprint density at radius 3 is 3.06 bits per heavy atom. The van der Waals surface area contributed by atoms with E-state index in [2.05, 4.69) is 4.90 Å². The van der Waals surface area contributed by atoms with E-state index in [1.807, 2.05) is 6.07 Å². The Hall–Kier alpha value is -1.66. The van der Waals surface area contributed by atoms with Crippen molar-refractivity contribution in [3.8, 4) is 0 Å². The summed E-state index contributed by atoms with van der Waals surface area (Å²) >= 11 is 0. The molecule has 0 aliphatic carbocycles. The van der Waals surface area contributed by atoms with Crippen LogP contribution in [-0.4, -0.2) is 37.3 Å². The summed E-state index contributed by atoms with van der Waals surface area (Å²) in [5.41, 5.74) is 7.34. The van der Waals surface area contributed by atoms with Crippen molar-refractivity contribution in [3.63, 3.8) is 0 Å². The molecular formula is C12H17N3O3. The van der Waals surface area contributed by atoms with Gasteiger partial charge < -0.3 is 15.4 Å². The second-order valence-electron chi connectivity index (χ2n) is 4.35. The molecule has 18 heavy (non-hydrogen) atoms. The van der Waals surface area contributed by atoms with Gasteiger partial charge in [0.25, 0.3) is 5.69 Å². The maximum atomic E-state index is 10.9. The average Bonchev–Trinajstić information content (AvgIpc) is 2.38. The fourth-order valence-electron chi connectivity index (χ4n) is 2.23. The molecular weight excluding hydrogens is 234 g/mol. The monoisotopic (exact) mass is 251 g/mol. The molecule has 1 aromatic carbocycles. The zero-order valence-corrected chi connectivity index (χ0v) is 10.3. The van der Waals surface area contributed by atoms with Crippen molar-refractivity contribution in [2.24, 2.45) is 5.73 Å². The third kappa shape index (κ3) is 2.44. The smallest absolute Gasteiger partial charge is 0.274 e. The number of nitro benzene ring substituents is 1. The second kappa shape index (κ2) is 5.32. The van der Waals surface area contributed by atoms with Gasteiger partial charge in [-0.15, -0.1) is 0 Å². The first-order valence-corrected chi connectivity index (χ1v) is 5.94. The topological polar surface area (TPSA) is 81.6 Å². The van der Waals surface area contributed by atoms with Crippen LogP contribution in [-0.2, 0) is 4.74 Å². The quantitative estimate of drug-likeness (QED) is 0.642. The Bertz CT molecular complexity index is 450. The molecule has 0 saturated carbocycles. The van der Waals surface area contributed by atoms with Crippen LogP contribution in [0, 0.1) is 17.0 Å². The molecule has 1 aliphatic rings. The first-order valence-electron chi connectivity index (χ1n) is 5.94. The molecule has 98 valence electrons. The molecule has 6 heteroatoms. The zero-order valence-electron chi connectivity index (χ0n) is 10.3. The summed E-state index contributed by atoms with van der Waals surface area (Å²) in [5, 5.41) is 10.9. The van der Waals surface area contributed by atoms with Gasteiger partial charge in [-0.2, -0.15) is 0 Å². The highest BCUT2D eigenvalue weighted by Gasteiger charge is 2.23. The van der Waals surface area contributed by atoms with Gasteiger partial charge in [0, 0.05) is 31.4 Å². The van der Waals surface area contributed by atoms with Crippen LogP contribution in [0.5, 0.6) is 0 Å². The van der Waals surface area contributed by atoms with E-state index >= 15 is 0 Å². The minimum Gasteiger partial charge on any atom is -0.373 e. The molecule has 1 aromatic rings. The van der Waals surface area contributed by atoms with E-state index in [9.17, 15) is 10.1 Å². The van der Waals surface area contributed by atoms with Crippen LogP contribution >= 0.6 is 0 Å². The van der Waals surface area contributed by atoms with E-state index < -0.39 is 0 Å². The largest absolute Gasteiger partial charge is 0.373 e. The van der Waals surface area contributed by atoms with Gasteiger partial charge in [-0.25, -0.2) is 0 Å². The minimum atomic E-state index is -0.348. The molecule has 2 rings (SSSR count). The van der Waals surface area contributed by atoms with Crippen molar-refractivity contribution >= 4 is 11.4 Å². The lowest BCUT2D eigenvalue weighted by Gasteiger charge is -2.34. The predicted molar refractivity (Wildman–Crippen MR) is 68.8 cm³/mol. The van der Waals surface area contributed by atoms with Crippen LogP contribution in [0.4, 0.5) is 11.4 Å². The van der Waals surface area contributed by atoms with Gasteiger partial charge in [-0.3, -0.25) is 10.1 Å². The summed E-state index contributed by atoms with van der Waals surface area (Å²) in [4.78, 5) is 12.7. The fourth-order valence-corrected chi connectivity index (χ4v) is 2.23. The molecule has 1 atom stereocenters. The second-order valence-corrected chi connectivity index (χ2v) is 4.35. The molecule has 2 N–H and O–H groups in total. The molecule has 0 aromatic heterocycles. The molecule has 1 fully saturated rings. The number of nitrogens with zero attached hydrogens (tertiary/aromatic N) is 2. The van der Waals surface area contributed by atoms with Crippen LogP contribution in [0.3, 0.4) is 0 Å². The highest BCUT2D eigenvalue weighted by atomic mass is 16.6. The summed E-state index contributed by atoms with van der Waals surface area (Å²) in [5.74, 6) is 0. The maximum absolute atomic E-state index is 10.9. The lowest BCUT2D eigenvalue weighted by molar-refractivity contribution is -0.385. The first-order chi connectivity index (χ1) is 8.63. The molecule has 6 nitrogen and oxygen atoms in total. The standard InChI is InChI=1S/C12H17N3O3/c1-9-11(3-2-4-12(9)15(16)17)14-5-6-18-10(7-13)8-14/h2-4,10H,5-8,13H2,1H3. The highest BCUT2D eigenvalue weighted by Crippen LogP contribution is 2.29. The van der Waals surface area contributed by atoms with E-state index in [1.165, 1.54) is 6.07 Å². The van der Waals surface area contributed by atoms with Gasteiger partial charge in [0.2, 0.25) is 0 Å².